The molecule has 0 aliphatic heterocycles. The molecule has 1 saturated carbocycles. The van der Waals surface area contributed by atoms with Gasteiger partial charge in [-0.2, -0.15) is 4.98 Å². The van der Waals surface area contributed by atoms with Crippen molar-refractivity contribution in [3.05, 3.63) is 41.0 Å². The van der Waals surface area contributed by atoms with Crippen LogP contribution < -0.4 is 4.74 Å². The van der Waals surface area contributed by atoms with Crippen molar-refractivity contribution in [1.82, 2.24) is 10.1 Å². The summed E-state index contributed by atoms with van der Waals surface area (Å²) in [6.45, 7) is 9.82. The fourth-order valence-electron chi connectivity index (χ4n) is 4.20. The normalized spacial score (nSPS) is 15.2. The second-order valence-corrected chi connectivity index (χ2v) is 10.2. The number of hydrogen-bond acceptors (Lipinski definition) is 6. The van der Waals surface area contributed by atoms with Crippen LogP contribution in [-0.4, -0.2) is 21.7 Å². The molecule has 7 heteroatoms. The zero-order valence-electron chi connectivity index (χ0n) is 21.4. The molecule has 0 bridgehead atoms. The molecular formula is C27H41ClN2O4. The molecule has 6 nitrogen and oxygen atoms in total. The van der Waals surface area contributed by atoms with Crippen LogP contribution in [0.25, 0.3) is 0 Å². The molecule has 1 atom stereocenters. The first-order valence-electron chi connectivity index (χ1n) is 12.7. The summed E-state index contributed by atoms with van der Waals surface area (Å²) < 4.78 is 16.8. The van der Waals surface area contributed by atoms with E-state index in [0.29, 0.717) is 22.5 Å². The molecule has 34 heavy (non-hydrogen) atoms. The fourth-order valence-corrected chi connectivity index (χ4v) is 4.32. The maximum atomic E-state index is 12.5. The van der Waals surface area contributed by atoms with Crippen LogP contribution in [0.3, 0.4) is 0 Å². The Labute approximate surface area is 209 Å². The average Bonchev–Trinajstić information content (AvgIpc) is 3.28. The number of carbonyl (C=O) groups is 1. The fraction of sp³-hybridized carbons (Fsp3) is 0.667. The lowest BCUT2D eigenvalue weighted by atomic mass is 9.84. The SMILES string of the molecule is CC.CC(C)(C)OC(=O)CC(CCCC1CCCCC1)c1nc(COc2ccc(Cl)cc2)no1. The molecule has 3 rings (SSSR count). The molecule has 0 radical (unpaired) electrons. The average molecular weight is 493 g/mol. The Kier molecular flexibility index (Phi) is 11.9. The van der Waals surface area contributed by atoms with Crippen LogP contribution in [0, 0.1) is 5.92 Å². The molecule has 0 amide bonds. The standard InChI is InChI=1S/C25H35ClN2O4.C2H6/c1-25(2,3)31-23(29)16-19(11-7-10-18-8-5-4-6-9-18)24-27-22(28-32-24)17-30-21-14-12-20(26)13-15-21;1-2/h12-15,18-19H,4-11,16-17H2,1-3H3;1-2H3. The van der Waals surface area contributed by atoms with Gasteiger partial charge in [-0.15, -0.1) is 0 Å². The Hall–Kier alpha value is -2.08. The lowest BCUT2D eigenvalue weighted by Crippen LogP contribution is -2.25. The van der Waals surface area contributed by atoms with Gasteiger partial charge in [0.1, 0.15) is 11.4 Å². The van der Waals surface area contributed by atoms with Crippen molar-refractivity contribution < 1.29 is 18.8 Å². The van der Waals surface area contributed by atoms with Gasteiger partial charge in [-0.05, 0) is 57.4 Å². The number of carbonyl (C=O) groups excluding carboxylic acids is 1. The van der Waals surface area contributed by atoms with Gasteiger partial charge in [-0.25, -0.2) is 0 Å². The van der Waals surface area contributed by atoms with Crippen molar-refractivity contribution in [3.63, 3.8) is 0 Å². The first-order valence-corrected chi connectivity index (χ1v) is 13.1. The lowest BCUT2D eigenvalue weighted by molar-refractivity contribution is -0.155. The van der Waals surface area contributed by atoms with Crippen molar-refractivity contribution >= 4 is 17.6 Å². The summed E-state index contributed by atoms with van der Waals surface area (Å²) in [5.74, 6) is 2.03. The third kappa shape index (κ3) is 10.5. The maximum absolute atomic E-state index is 12.5. The highest BCUT2D eigenvalue weighted by Crippen LogP contribution is 2.31. The van der Waals surface area contributed by atoms with Crippen molar-refractivity contribution in [2.24, 2.45) is 5.92 Å². The van der Waals surface area contributed by atoms with E-state index < -0.39 is 5.60 Å². The van der Waals surface area contributed by atoms with Crippen LogP contribution in [-0.2, 0) is 16.1 Å². The third-order valence-electron chi connectivity index (χ3n) is 5.74. The van der Waals surface area contributed by atoms with Gasteiger partial charge in [0.2, 0.25) is 11.7 Å². The first kappa shape index (κ1) is 28.2. The van der Waals surface area contributed by atoms with Crippen LogP contribution in [0.2, 0.25) is 5.02 Å². The molecule has 2 aromatic rings. The summed E-state index contributed by atoms with van der Waals surface area (Å²) in [6.07, 6.45) is 9.98. The maximum Gasteiger partial charge on any atom is 0.307 e. The number of ether oxygens (including phenoxy) is 2. The zero-order chi connectivity index (χ0) is 25.0. The summed E-state index contributed by atoms with van der Waals surface area (Å²) >= 11 is 5.91. The van der Waals surface area contributed by atoms with Gasteiger partial charge in [0.05, 0.1) is 6.42 Å². The smallest absolute Gasteiger partial charge is 0.307 e. The van der Waals surface area contributed by atoms with Gasteiger partial charge in [0.15, 0.2) is 6.61 Å². The molecule has 1 aliphatic rings. The molecule has 1 heterocycles. The highest BCUT2D eigenvalue weighted by atomic mass is 35.5. The molecule has 1 aromatic carbocycles. The minimum atomic E-state index is -0.518. The van der Waals surface area contributed by atoms with E-state index in [1.807, 2.05) is 34.6 Å². The Morgan fingerprint density at radius 1 is 1.15 bits per heavy atom. The van der Waals surface area contributed by atoms with Gasteiger partial charge in [-0.3, -0.25) is 4.79 Å². The van der Waals surface area contributed by atoms with Crippen LogP contribution in [0.1, 0.15) is 110 Å². The highest BCUT2D eigenvalue weighted by molar-refractivity contribution is 6.30. The monoisotopic (exact) mass is 492 g/mol. The largest absolute Gasteiger partial charge is 0.485 e. The zero-order valence-corrected chi connectivity index (χ0v) is 22.2. The molecule has 1 unspecified atom stereocenters. The molecule has 0 spiro atoms. The lowest BCUT2D eigenvalue weighted by Gasteiger charge is -2.23. The highest BCUT2D eigenvalue weighted by Gasteiger charge is 2.26. The third-order valence-corrected chi connectivity index (χ3v) is 5.99. The Morgan fingerprint density at radius 2 is 1.82 bits per heavy atom. The summed E-state index contributed by atoms with van der Waals surface area (Å²) in [5, 5.41) is 4.71. The predicted molar refractivity (Wildman–Crippen MR) is 135 cm³/mol. The van der Waals surface area contributed by atoms with Crippen molar-refractivity contribution in [2.45, 2.75) is 111 Å². The topological polar surface area (TPSA) is 74.5 Å². The van der Waals surface area contributed by atoms with E-state index in [4.69, 9.17) is 25.6 Å². The van der Waals surface area contributed by atoms with E-state index in [1.165, 1.54) is 38.5 Å². The minimum Gasteiger partial charge on any atom is -0.485 e. The van der Waals surface area contributed by atoms with Gasteiger partial charge < -0.3 is 14.0 Å². The number of benzene rings is 1. The van der Waals surface area contributed by atoms with E-state index in [9.17, 15) is 4.79 Å². The van der Waals surface area contributed by atoms with Crippen LogP contribution >= 0.6 is 11.6 Å². The van der Waals surface area contributed by atoms with Crippen LogP contribution in [0.4, 0.5) is 0 Å². The van der Waals surface area contributed by atoms with E-state index in [2.05, 4.69) is 10.1 Å². The van der Waals surface area contributed by atoms with Gasteiger partial charge in [-0.1, -0.05) is 75.6 Å². The second kappa shape index (κ2) is 14.3. The first-order chi connectivity index (χ1) is 16.3. The Morgan fingerprint density at radius 3 is 2.47 bits per heavy atom. The number of halogens is 1. The number of aromatic nitrogens is 2. The molecule has 0 saturated heterocycles. The van der Waals surface area contributed by atoms with E-state index >= 15 is 0 Å². The van der Waals surface area contributed by atoms with E-state index in [-0.39, 0.29) is 24.9 Å². The van der Waals surface area contributed by atoms with Crippen molar-refractivity contribution in [1.29, 1.82) is 0 Å². The Bertz CT molecular complexity index is 839. The predicted octanol–water partition coefficient (Wildman–Crippen LogP) is 7.89. The second-order valence-electron chi connectivity index (χ2n) is 9.71. The summed E-state index contributed by atoms with van der Waals surface area (Å²) in [7, 11) is 0. The van der Waals surface area contributed by atoms with Gasteiger partial charge in [0, 0.05) is 10.9 Å². The molecular weight excluding hydrogens is 452 g/mol. The molecule has 1 fully saturated rings. The molecule has 1 aromatic heterocycles. The summed E-state index contributed by atoms with van der Waals surface area (Å²) in [6, 6.07) is 7.11. The number of hydrogen-bond donors (Lipinski definition) is 0. The van der Waals surface area contributed by atoms with Gasteiger partial charge >= 0.3 is 5.97 Å². The number of rotatable bonds is 10. The number of nitrogens with zero attached hydrogens (tertiary/aromatic N) is 2. The van der Waals surface area contributed by atoms with Crippen molar-refractivity contribution in [2.75, 3.05) is 0 Å². The van der Waals surface area contributed by atoms with Gasteiger partial charge in [0.25, 0.3) is 0 Å². The minimum absolute atomic E-state index is 0.148. The molecule has 1 aliphatic carbocycles. The van der Waals surface area contributed by atoms with E-state index in [0.717, 1.165) is 18.8 Å². The molecule has 190 valence electrons. The van der Waals surface area contributed by atoms with Crippen molar-refractivity contribution in [3.8, 4) is 5.75 Å². The molecule has 0 N–H and O–H groups in total. The Balaban J connectivity index is 0.00000199. The van der Waals surface area contributed by atoms with Crippen LogP contribution in [0.15, 0.2) is 28.8 Å². The summed E-state index contributed by atoms with van der Waals surface area (Å²) in [5.41, 5.74) is -0.518. The quantitative estimate of drug-likeness (QED) is 0.314. The summed E-state index contributed by atoms with van der Waals surface area (Å²) in [4.78, 5) is 17.0. The van der Waals surface area contributed by atoms with Crippen LogP contribution in [0.5, 0.6) is 5.75 Å². The number of esters is 1. The van der Waals surface area contributed by atoms with E-state index in [1.54, 1.807) is 24.3 Å².